The normalized spacial score (nSPS) is 16.7. The predicted molar refractivity (Wildman–Crippen MR) is 98.6 cm³/mol. The van der Waals surface area contributed by atoms with Crippen molar-refractivity contribution in [2.24, 2.45) is 0 Å². The van der Waals surface area contributed by atoms with Crippen molar-refractivity contribution in [3.8, 4) is 11.5 Å². The molecule has 25 heavy (non-hydrogen) atoms. The molecular weight excluding hydrogens is 318 g/mol. The molecule has 1 aliphatic rings. The standard InChI is InChI=1S/C20H31NO4/c1-4-21(17-8-6-5-7-9-17)13-18(23)14-25-19-11-10-16(15(2)22)12-20(19)24-3/h10-12,17-18,23H,4-9,13-14H2,1-3H3. The second kappa shape index (κ2) is 9.78. The molecule has 1 N–H and O–H groups in total. The van der Waals surface area contributed by atoms with Gasteiger partial charge in [-0.1, -0.05) is 26.2 Å². The number of hydrogen-bond donors (Lipinski definition) is 1. The maximum absolute atomic E-state index is 11.5. The first-order chi connectivity index (χ1) is 12.0. The highest BCUT2D eigenvalue weighted by molar-refractivity contribution is 5.94. The maximum atomic E-state index is 11.5. The van der Waals surface area contributed by atoms with Gasteiger partial charge in [0.2, 0.25) is 0 Å². The van der Waals surface area contributed by atoms with Gasteiger partial charge in [-0.3, -0.25) is 9.69 Å². The molecule has 140 valence electrons. The lowest BCUT2D eigenvalue weighted by Gasteiger charge is -2.34. The molecule has 0 amide bonds. The van der Waals surface area contributed by atoms with Crippen molar-refractivity contribution in [1.29, 1.82) is 0 Å². The number of rotatable bonds is 9. The Labute approximate surface area is 150 Å². The molecule has 1 atom stereocenters. The van der Waals surface area contributed by atoms with Gasteiger partial charge in [-0.2, -0.15) is 0 Å². The van der Waals surface area contributed by atoms with E-state index in [0.717, 1.165) is 6.54 Å². The molecule has 5 nitrogen and oxygen atoms in total. The van der Waals surface area contributed by atoms with Crippen LogP contribution in [-0.2, 0) is 0 Å². The first-order valence-electron chi connectivity index (χ1n) is 9.29. The first-order valence-corrected chi connectivity index (χ1v) is 9.29. The number of ketones is 1. The van der Waals surface area contributed by atoms with E-state index in [2.05, 4.69) is 11.8 Å². The van der Waals surface area contributed by atoms with Crippen molar-refractivity contribution >= 4 is 5.78 Å². The molecule has 1 unspecified atom stereocenters. The molecule has 0 radical (unpaired) electrons. The van der Waals surface area contributed by atoms with Gasteiger partial charge in [-0.15, -0.1) is 0 Å². The van der Waals surface area contributed by atoms with Gasteiger partial charge in [-0.05, 0) is 44.5 Å². The van der Waals surface area contributed by atoms with Gasteiger partial charge in [0.15, 0.2) is 17.3 Å². The second-order valence-corrected chi connectivity index (χ2v) is 6.77. The summed E-state index contributed by atoms with van der Waals surface area (Å²) in [5, 5.41) is 10.4. The summed E-state index contributed by atoms with van der Waals surface area (Å²) in [6, 6.07) is 5.69. The lowest BCUT2D eigenvalue weighted by Crippen LogP contribution is -2.43. The van der Waals surface area contributed by atoms with Crippen LogP contribution in [0.4, 0.5) is 0 Å². The zero-order chi connectivity index (χ0) is 18.2. The topological polar surface area (TPSA) is 59.0 Å². The Kier molecular flexibility index (Phi) is 7.72. The van der Waals surface area contributed by atoms with Gasteiger partial charge in [0, 0.05) is 18.2 Å². The van der Waals surface area contributed by atoms with Crippen LogP contribution in [0.2, 0.25) is 0 Å². The van der Waals surface area contributed by atoms with Gasteiger partial charge in [0.25, 0.3) is 0 Å². The van der Waals surface area contributed by atoms with Crippen molar-refractivity contribution in [2.75, 3.05) is 26.8 Å². The number of nitrogens with zero attached hydrogens (tertiary/aromatic N) is 1. The number of benzene rings is 1. The number of hydrogen-bond acceptors (Lipinski definition) is 5. The summed E-state index contributed by atoms with van der Waals surface area (Å²) in [5.74, 6) is 1.04. The maximum Gasteiger partial charge on any atom is 0.161 e. The van der Waals surface area contributed by atoms with Crippen molar-refractivity contribution in [2.45, 2.75) is 58.1 Å². The zero-order valence-electron chi connectivity index (χ0n) is 15.7. The number of carbonyl (C=O) groups is 1. The minimum absolute atomic E-state index is 0.0176. The van der Waals surface area contributed by atoms with Gasteiger partial charge >= 0.3 is 0 Å². The van der Waals surface area contributed by atoms with Gasteiger partial charge in [0.05, 0.1) is 7.11 Å². The van der Waals surface area contributed by atoms with E-state index < -0.39 is 6.10 Å². The van der Waals surface area contributed by atoms with E-state index in [1.165, 1.54) is 39.0 Å². The third-order valence-corrected chi connectivity index (χ3v) is 4.94. The van der Waals surface area contributed by atoms with E-state index in [1.807, 2.05) is 0 Å². The lowest BCUT2D eigenvalue weighted by molar-refractivity contribution is 0.0457. The molecule has 1 aromatic rings. The van der Waals surface area contributed by atoms with Crippen molar-refractivity contribution in [3.05, 3.63) is 23.8 Å². The fraction of sp³-hybridized carbons (Fsp3) is 0.650. The Balaban J connectivity index is 1.90. The number of Topliss-reactive ketones (excluding diaryl/α,β-unsaturated/α-hetero) is 1. The predicted octanol–water partition coefficient (Wildman–Crippen LogP) is 3.29. The highest BCUT2D eigenvalue weighted by Crippen LogP contribution is 2.28. The Hall–Kier alpha value is -1.59. The number of carbonyl (C=O) groups excluding carboxylic acids is 1. The highest BCUT2D eigenvalue weighted by atomic mass is 16.5. The van der Waals surface area contributed by atoms with E-state index in [4.69, 9.17) is 9.47 Å². The Morgan fingerprint density at radius 2 is 2.00 bits per heavy atom. The molecule has 1 aromatic carbocycles. The second-order valence-electron chi connectivity index (χ2n) is 6.77. The summed E-state index contributed by atoms with van der Waals surface area (Å²) < 4.78 is 11.0. The van der Waals surface area contributed by atoms with E-state index in [-0.39, 0.29) is 12.4 Å². The summed E-state index contributed by atoms with van der Waals surface area (Å²) in [4.78, 5) is 13.8. The van der Waals surface area contributed by atoms with Crippen LogP contribution in [0.25, 0.3) is 0 Å². The lowest BCUT2D eigenvalue weighted by atomic mass is 9.94. The Morgan fingerprint density at radius 1 is 1.28 bits per heavy atom. The Bertz CT molecular complexity index is 555. The van der Waals surface area contributed by atoms with Crippen LogP contribution in [0, 0.1) is 0 Å². The van der Waals surface area contributed by atoms with Crippen LogP contribution in [0.15, 0.2) is 18.2 Å². The van der Waals surface area contributed by atoms with E-state index >= 15 is 0 Å². The molecule has 0 aliphatic heterocycles. The molecule has 0 saturated heterocycles. The van der Waals surface area contributed by atoms with Crippen molar-refractivity contribution < 1.29 is 19.4 Å². The molecule has 0 aromatic heterocycles. The number of aliphatic hydroxyl groups excluding tert-OH is 1. The van der Waals surface area contributed by atoms with Crippen molar-refractivity contribution in [1.82, 2.24) is 4.90 Å². The Morgan fingerprint density at radius 3 is 2.60 bits per heavy atom. The molecule has 0 bridgehead atoms. The number of ether oxygens (including phenoxy) is 2. The number of likely N-dealkylation sites (N-methyl/N-ethyl adjacent to an activating group) is 1. The quantitative estimate of drug-likeness (QED) is 0.693. The minimum Gasteiger partial charge on any atom is -0.493 e. The fourth-order valence-corrected chi connectivity index (χ4v) is 3.50. The van der Waals surface area contributed by atoms with Crippen LogP contribution in [-0.4, -0.2) is 54.7 Å². The van der Waals surface area contributed by atoms with E-state index in [1.54, 1.807) is 25.3 Å². The number of aliphatic hydroxyl groups is 1. The third-order valence-electron chi connectivity index (χ3n) is 4.94. The summed E-state index contributed by atoms with van der Waals surface area (Å²) in [7, 11) is 1.55. The summed E-state index contributed by atoms with van der Waals surface area (Å²) in [5.41, 5.74) is 0.583. The molecule has 5 heteroatoms. The average molecular weight is 349 g/mol. The molecule has 2 rings (SSSR count). The van der Waals surface area contributed by atoms with Gasteiger partial charge in [-0.25, -0.2) is 0 Å². The molecular formula is C20H31NO4. The molecule has 1 saturated carbocycles. The average Bonchev–Trinajstić information content (AvgIpc) is 2.64. The van der Waals surface area contributed by atoms with Crippen LogP contribution >= 0.6 is 0 Å². The minimum atomic E-state index is -0.556. The molecule has 0 spiro atoms. The van der Waals surface area contributed by atoms with Crippen molar-refractivity contribution in [3.63, 3.8) is 0 Å². The van der Waals surface area contributed by atoms with Crippen LogP contribution in [0.3, 0.4) is 0 Å². The monoisotopic (exact) mass is 349 g/mol. The van der Waals surface area contributed by atoms with E-state index in [0.29, 0.717) is 29.6 Å². The highest BCUT2D eigenvalue weighted by Gasteiger charge is 2.22. The fourth-order valence-electron chi connectivity index (χ4n) is 3.50. The van der Waals surface area contributed by atoms with Crippen LogP contribution in [0.5, 0.6) is 11.5 Å². The largest absolute Gasteiger partial charge is 0.493 e. The first kappa shape index (κ1) is 19.7. The zero-order valence-corrected chi connectivity index (χ0v) is 15.7. The third kappa shape index (κ3) is 5.72. The van der Waals surface area contributed by atoms with Gasteiger partial charge < -0.3 is 14.6 Å². The molecule has 1 fully saturated rings. The van der Waals surface area contributed by atoms with E-state index in [9.17, 15) is 9.90 Å². The number of methoxy groups -OCH3 is 1. The SMILES string of the molecule is CCN(CC(O)COc1ccc(C(C)=O)cc1OC)C1CCCCC1. The summed E-state index contributed by atoms with van der Waals surface area (Å²) in [6.07, 6.45) is 5.79. The molecule has 0 heterocycles. The molecule has 1 aliphatic carbocycles. The summed E-state index contributed by atoms with van der Waals surface area (Å²) in [6.45, 7) is 5.43. The van der Waals surface area contributed by atoms with Crippen LogP contribution in [0.1, 0.15) is 56.3 Å². The van der Waals surface area contributed by atoms with Crippen LogP contribution < -0.4 is 9.47 Å². The summed E-state index contributed by atoms with van der Waals surface area (Å²) >= 11 is 0. The smallest absolute Gasteiger partial charge is 0.161 e. The van der Waals surface area contributed by atoms with Gasteiger partial charge in [0.1, 0.15) is 12.7 Å².